The topological polar surface area (TPSA) is 60.8 Å². The summed E-state index contributed by atoms with van der Waals surface area (Å²) >= 11 is 0. The van der Waals surface area contributed by atoms with Gasteiger partial charge in [-0.1, -0.05) is 13.0 Å². The average molecular weight is 296 g/mol. The summed E-state index contributed by atoms with van der Waals surface area (Å²) in [7, 11) is 0. The number of aryl methyl sites for hydroxylation is 1. The lowest BCUT2D eigenvalue weighted by Crippen LogP contribution is -2.00. The molecule has 3 aromatic rings. The number of ether oxygens (including phenoxy) is 1. The zero-order valence-corrected chi connectivity index (χ0v) is 11.9. The van der Waals surface area contributed by atoms with Gasteiger partial charge in [-0.2, -0.15) is 0 Å². The lowest BCUT2D eigenvalue weighted by molar-refractivity contribution is 0.407. The highest BCUT2D eigenvalue weighted by atomic mass is 19.1. The Bertz CT molecular complexity index is 766. The van der Waals surface area contributed by atoms with Gasteiger partial charge in [0.25, 0.3) is 0 Å². The zero-order valence-electron chi connectivity index (χ0n) is 11.9. The van der Waals surface area contributed by atoms with Crippen LogP contribution in [0.2, 0.25) is 0 Å². The van der Waals surface area contributed by atoms with Gasteiger partial charge in [0, 0.05) is 30.4 Å². The third-order valence-electron chi connectivity index (χ3n) is 3.13. The highest BCUT2D eigenvalue weighted by Crippen LogP contribution is 2.33. The van der Waals surface area contributed by atoms with Gasteiger partial charge < -0.3 is 4.74 Å². The maximum atomic E-state index is 14.8. The normalized spacial score (nSPS) is 10.5. The third kappa shape index (κ3) is 2.76. The Hall–Kier alpha value is -2.89. The third-order valence-corrected chi connectivity index (χ3v) is 3.13. The summed E-state index contributed by atoms with van der Waals surface area (Å²) in [4.78, 5) is 16.0. The van der Waals surface area contributed by atoms with E-state index in [2.05, 4.69) is 19.9 Å². The first-order valence-corrected chi connectivity index (χ1v) is 6.82. The quantitative estimate of drug-likeness (QED) is 0.738. The molecule has 0 spiro atoms. The van der Waals surface area contributed by atoms with Crippen molar-refractivity contribution in [3.63, 3.8) is 0 Å². The Kier molecular flexibility index (Phi) is 4.00. The van der Waals surface area contributed by atoms with E-state index < -0.39 is 5.82 Å². The molecule has 0 unspecified atom stereocenters. The Labute approximate surface area is 126 Å². The van der Waals surface area contributed by atoms with Crippen LogP contribution in [0, 0.1) is 5.82 Å². The molecule has 0 N–H and O–H groups in total. The number of hydrogen-bond acceptors (Lipinski definition) is 5. The maximum Gasteiger partial charge on any atom is 0.321 e. The van der Waals surface area contributed by atoms with Crippen LogP contribution in [0.5, 0.6) is 11.8 Å². The summed E-state index contributed by atoms with van der Waals surface area (Å²) in [6.07, 6.45) is 8.27. The first-order valence-electron chi connectivity index (χ1n) is 6.82. The standard InChI is InChI=1S/C16H13FN4O/c1-2-11-4-5-12(13-10-18-8-9-19-13)14(17)15(11)22-16-20-6-3-7-21-16/h3-10H,2H2,1H3. The van der Waals surface area contributed by atoms with Gasteiger partial charge in [-0.15, -0.1) is 0 Å². The van der Waals surface area contributed by atoms with Crippen molar-refractivity contribution < 1.29 is 9.13 Å². The minimum atomic E-state index is -0.493. The number of rotatable bonds is 4. The van der Waals surface area contributed by atoms with E-state index in [9.17, 15) is 4.39 Å². The molecule has 0 atom stereocenters. The molecule has 1 aromatic carbocycles. The van der Waals surface area contributed by atoms with Crippen LogP contribution in [0.3, 0.4) is 0 Å². The van der Waals surface area contributed by atoms with Gasteiger partial charge in [0.05, 0.1) is 11.9 Å². The zero-order chi connectivity index (χ0) is 15.4. The number of hydrogen-bond donors (Lipinski definition) is 0. The van der Waals surface area contributed by atoms with Crippen molar-refractivity contribution in [2.75, 3.05) is 0 Å². The molecule has 0 bridgehead atoms. The summed E-state index contributed by atoms with van der Waals surface area (Å²) in [6.45, 7) is 1.93. The molecule has 0 fully saturated rings. The van der Waals surface area contributed by atoms with Gasteiger partial charge in [-0.25, -0.2) is 14.4 Å². The molecule has 3 rings (SSSR count). The fourth-order valence-electron chi connectivity index (χ4n) is 2.05. The SMILES string of the molecule is CCc1ccc(-c2cnccn2)c(F)c1Oc1ncccn1. The Morgan fingerprint density at radius 2 is 1.86 bits per heavy atom. The van der Waals surface area contributed by atoms with Crippen LogP contribution in [0.1, 0.15) is 12.5 Å². The van der Waals surface area contributed by atoms with E-state index >= 15 is 0 Å². The van der Waals surface area contributed by atoms with Crippen molar-refractivity contribution in [1.82, 2.24) is 19.9 Å². The molecular formula is C16H13FN4O. The van der Waals surface area contributed by atoms with Crippen molar-refractivity contribution in [2.24, 2.45) is 0 Å². The summed E-state index contributed by atoms with van der Waals surface area (Å²) in [5, 5.41) is 0. The van der Waals surface area contributed by atoms with E-state index in [0.29, 0.717) is 17.7 Å². The minimum Gasteiger partial charge on any atom is -0.421 e. The molecule has 2 heterocycles. The first-order chi connectivity index (χ1) is 10.8. The number of aromatic nitrogens is 4. The predicted molar refractivity (Wildman–Crippen MR) is 78.9 cm³/mol. The van der Waals surface area contributed by atoms with Gasteiger partial charge >= 0.3 is 6.01 Å². The van der Waals surface area contributed by atoms with E-state index in [0.717, 1.165) is 5.56 Å². The monoisotopic (exact) mass is 296 g/mol. The van der Waals surface area contributed by atoms with Crippen LogP contribution >= 0.6 is 0 Å². The largest absolute Gasteiger partial charge is 0.421 e. The van der Waals surface area contributed by atoms with E-state index in [1.54, 1.807) is 24.5 Å². The smallest absolute Gasteiger partial charge is 0.321 e. The maximum absolute atomic E-state index is 14.8. The van der Waals surface area contributed by atoms with Crippen molar-refractivity contribution in [1.29, 1.82) is 0 Å². The van der Waals surface area contributed by atoms with Crippen molar-refractivity contribution >= 4 is 0 Å². The van der Waals surface area contributed by atoms with Gasteiger partial charge in [0.15, 0.2) is 11.6 Å². The van der Waals surface area contributed by atoms with E-state index in [1.807, 2.05) is 13.0 Å². The van der Waals surface area contributed by atoms with E-state index in [-0.39, 0.29) is 11.8 Å². The van der Waals surface area contributed by atoms with Gasteiger partial charge in [-0.3, -0.25) is 9.97 Å². The van der Waals surface area contributed by atoms with Gasteiger partial charge in [0.1, 0.15) is 0 Å². The van der Waals surface area contributed by atoms with Crippen LogP contribution in [0.25, 0.3) is 11.3 Å². The van der Waals surface area contributed by atoms with Gasteiger partial charge in [0.2, 0.25) is 0 Å². The summed E-state index contributed by atoms with van der Waals surface area (Å²) < 4.78 is 20.4. The molecule has 110 valence electrons. The number of benzene rings is 1. The molecule has 0 aliphatic rings. The van der Waals surface area contributed by atoms with Crippen LogP contribution in [0.4, 0.5) is 4.39 Å². The molecule has 0 amide bonds. The summed E-state index contributed by atoms with van der Waals surface area (Å²) in [5.74, 6) is -0.371. The summed E-state index contributed by atoms with van der Waals surface area (Å²) in [5.41, 5.74) is 1.51. The van der Waals surface area contributed by atoms with Crippen molar-refractivity contribution in [3.8, 4) is 23.0 Å². The second-order valence-corrected chi connectivity index (χ2v) is 4.49. The average Bonchev–Trinajstić information content (AvgIpc) is 2.58. The number of nitrogens with zero attached hydrogens (tertiary/aromatic N) is 4. The van der Waals surface area contributed by atoms with Crippen molar-refractivity contribution in [3.05, 3.63) is 60.6 Å². The van der Waals surface area contributed by atoms with Crippen LogP contribution in [-0.4, -0.2) is 19.9 Å². The number of halogens is 1. The lowest BCUT2D eigenvalue weighted by Gasteiger charge is -2.12. The molecule has 22 heavy (non-hydrogen) atoms. The molecule has 0 radical (unpaired) electrons. The summed E-state index contributed by atoms with van der Waals surface area (Å²) in [6, 6.07) is 5.26. The van der Waals surface area contributed by atoms with Crippen LogP contribution in [-0.2, 0) is 6.42 Å². The second kappa shape index (κ2) is 6.26. The van der Waals surface area contributed by atoms with E-state index in [1.165, 1.54) is 18.6 Å². The fourth-order valence-corrected chi connectivity index (χ4v) is 2.05. The predicted octanol–water partition coefficient (Wildman–Crippen LogP) is 3.43. The van der Waals surface area contributed by atoms with Crippen LogP contribution < -0.4 is 4.74 Å². The Morgan fingerprint density at radius 3 is 2.55 bits per heavy atom. The molecule has 6 heteroatoms. The molecule has 5 nitrogen and oxygen atoms in total. The lowest BCUT2D eigenvalue weighted by atomic mass is 10.1. The van der Waals surface area contributed by atoms with Crippen molar-refractivity contribution in [2.45, 2.75) is 13.3 Å². The molecular weight excluding hydrogens is 283 g/mol. The Morgan fingerprint density at radius 1 is 1.05 bits per heavy atom. The molecule has 0 saturated carbocycles. The van der Waals surface area contributed by atoms with E-state index in [4.69, 9.17) is 4.74 Å². The molecule has 0 aliphatic heterocycles. The minimum absolute atomic E-state index is 0.104. The Balaban J connectivity index is 2.07. The van der Waals surface area contributed by atoms with Gasteiger partial charge in [-0.05, 0) is 24.1 Å². The highest BCUT2D eigenvalue weighted by molar-refractivity contribution is 5.63. The molecule has 2 aromatic heterocycles. The first kappa shape index (κ1) is 14.1. The molecule has 0 aliphatic carbocycles. The van der Waals surface area contributed by atoms with Crippen LogP contribution in [0.15, 0.2) is 49.2 Å². The highest BCUT2D eigenvalue weighted by Gasteiger charge is 2.17. The second-order valence-electron chi connectivity index (χ2n) is 4.49. The molecule has 0 saturated heterocycles. The fraction of sp³-hybridized carbons (Fsp3) is 0.125.